The molecule has 3 aromatic carbocycles. The van der Waals surface area contributed by atoms with Crippen LogP contribution in [0.3, 0.4) is 0 Å². The van der Waals surface area contributed by atoms with Gasteiger partial charge in [0.1, 0.15) is 5.69 Å². The molecule has 0 atom stereocenters. The van der Waals surface area contributed by atoms with Crippen molar-refractivity contribution < 1.29 is 9.30 Å². The van der Waals surface area contributed by atoms with Crippen molar-refractivity contribution in [2.75, 3.05) is 5.32 Å². The second-order valence-corrected chi connectivity index (χ2v) is 9.53. The van der Waals surface area contributed by atoms with Crippen molar-refractivity contribution in [2.24, 2.45) is 0 Å². The van der Waals surface area contributed by atoms with Gasteiger partial charge in [0.2, 0.25) is 0 Å². The van der Waals surface area contributed by atoms with Gasteiger partial charge in [0.15, 0.2) is 0 Å². The maximum atomic E-state index is 6.25. The Hall–Kier alpha value is -3.50. The second kappa shape index (κ2) is 9.78. The van der Waals surface area contributed by atoms with E-state index in [1.54, 1.807) is 0 Å². The predicted octanol–water partition coefficient (Wildman–Crippen LogP) is 5.74. The summed E-state index contributed by atoms with van der Waals surface area (Å²) in [4.78, 5) is 5.20. The number of nitrogens with one attached hydrogen (secondary N) is 1. The zero-order valence-electron chi connectivity index (χ0n) is 20.0. The highest BCUT2D eigenvalue weighted by Crippen LogP contribution is 2.31. The third kappa shape index (κ3) is 5.02. The maximum Gasteiger partial charge on any atom is 0.333 e. The summed E-state index contributed by atoms with van der Waals surface area (Å²) in [5.74, 6) is 1.92. The smallest absolute Gasteiger partial charge is 0.333 e. The molecular formula is C30H32N3O+. The highest BCUT2D eigenvalue weighted by molar-refractivity contribution is 5.57. The predicted molar refractivity (Wildman–Crippen MR) is 136 cm³/mol. The molecule has 1 N–H and O–H groups in total. The first kappa shape index (κ1) is 22.3. The van der Waals surface area contributed by atoms with Gasteiger partial charge in [0, 0.05) is 19.4 Å². The summed E-state index contributed by atoms with van der Waals surface area (Å²) in [5, 5.41) is 3.62. The van der Waals surface area contributed by atoms with Crippen molar-refractivity contribution in [3.63, 3.8) is 0 Å². The van der Waals surface area contributed by atoms with Gasteiger partial charge in [-0.15, -0.1) is 0 Å². The van der Waals surface area contributed by atoms with E-state index in [1.165, 1.54) is 22.4 Å². The molecule has 34 heavy (non-hydrogen) atoms. The molecule has 1 aliphatic rings. The molecule has 0 unspecified atom stereocenters. The molecule has 1 aromatic heterocycles. The molecule has 1 aliphatic heterocycles. The summed E-state index contributed by atoms with van der Waals surface area (Å²) in [6.45, 7) is 6.52. The number of fused-ring (bicyclic) bond motifs is 1. The molecule has 2 heterocycles. The Kier molecular flexibility index (Phi) is 6.41. The number of rotatable bonds is 7. The van der Waals surface area contributed by atoms with E-state index in [9.17, 15) is 0 Å². The molecule has 0 saturated heterocycles. The standard InChI is InChI=1S/C30H31N3O/c1-30(2)20-27-26(22-34-30)28(31-21-24-14-8-4-9-15-24)32-29(25-16-10-5-11-17-25)33(27)19-18-23-12-6-3-7-13-23/h3-17H,18-22H2,1-2H3/p+1. The van der Waals surface area contributed by atoms with Gasteiger partial charge in [-0.3, -0.25) is 0 Å². The van der Waals surface area contributed by atoms with Gasteiger partial charge in [-0.2, -0.15) is 0 Å². The SMILES string of the molecule is CC1(C)Cc2c(c(NCc3ccccc3)nc(-c3ccccc3)[n+]2CCc2ccccc2)CO1. The molecule has 172 valence electrons. The average molecular weight is 451 g/mol. The van der Waals surface area contributed by atoms with Gasteiger partial charge < -0.3 is 10.1 Å². The lowest BCUT2D eigenvalue weighted by atomic mass is 9.95. The van der Waals surface area contributed by atoms with E-state index in [-0.39, 0.29) is 5.60 Å². The Labute approximate surface area is 202 Å². The number of hydrogen-bond donors (Lipinski definition) is 1. The van der Waals surface area contributed by atoms with Crippen molar-refractivity contribution in [3.05, 3.63) is 113 Å². The third-order valence-corrected chi connectivity index (χ3v) is 6.44. The van der Waals surface area contributed by atoms with Gasteiger partial charge in [-0.1, -0.05) is 78.9 Å². The van der Waals surface area contributed by atoms with Crippen LogP contribution in [-0.4, -0.2) is 10.6 Å². The first-order valence-electron chi connectivity index (χ1n) is 12.1. The lowest BCUT2D eigenvalue weighted by molar-refractivity contribution is -0.697. The van der Waals surface area contributed by atoms with Gasteiger partial charge in [0.25, 0.3) is 5.82 Å². The normalized spacial score (nSPS) is 14.4. The number of anilines is 1. The van der Waals surface area contributed by atoms with Gasteiger partial charge in [0.05, 0.1) is 29.9 Å². The van der Waals surface area contributed by atoms with Crippen molar-refractivity contribution in [2.45, 2.75) is 52.0 Å². The number of nitrogens with zero attached hydrogens (tertiary/aromatic N) is 2. The van der Waals surface area contributed by atoms with Crippen LogP contribution in [0, 0.1) is 0 Å². The fourth-order valence-electron chi connectivity index (χ4n) is 4.60. The van der Waals surface area contributed by atoms with Crippen LogP contribution < -0.4 is 9.88 Å². The maximum absolute atomic E-state index is 6.25. The summed E-state index contributed by atoms with van der Waals surface area (Å²) >= 11 is 0. The highest BCUT2D eigenvalue weighted by Gasteiger charge is 2.36. The second-order valence-electron chi connectivity index (χ2n) is 9.53. The van der Waals surface area contributed by atoms with Crippen molar-refractivity contribution in [1.82, 2.24) is 4.98 Å². The molecule has 5 rings (SSSR count). The zero-order chi connectivity index (χ0) is 23.4. The molecule has 0 fully saturated rings. The van der Waals surface area contributed by atoms with Crippen molar-refractivity contribution in [1.29, 1.82) is 0 Å². The third-order valence-electron chi connectivity index (χ3n) is 6.44. The molecule has 4 aromatic rings. The Morgan fingerprint density at radius 2 is 1.47 bits per heavy atom. The molecule has 0 radical (unpaired) electrons. The van der Waals surface area contributed by atoms with Crippen LogP contribution in [0.15, 0.2) is 91.0 Å². The van der Waals surface area contributed by atoms with Crippen molar-refractivity contribution >= 4 is 5.82 Å². The molecule has 0 saturated carbocycles. The Morgan fingerprint density at radius 3 is 2.15 bits per heavy atom. The Morgan fingerprint density at radius 1 is 0.853 bits per heavy atom. The van der Waals surface area contributed by atoms with Crippen LogP contribution in [0.25, 0.3) is 11.4 Å². The van der Waals surface area contributed by atoms with E-state index in [0.29, 0.717) is 6.61 Å². The zero-order valence-corrected chi connectivity index (χ0v) is 20.0. The van der Waals surface area contributed by atoms with Crippen molar-refractivity contribution in [3.8, 4) is 11.4 Å². The fraction of sp³-hybridized carbons (Fsp3) is 0.267. The fourth-order valence-corrected chi connectivity index (χ4v) is 4.60. The van der Waals surface area contributed by atoms with E-state index >= 15 is 0 Å². The van der Waals surface area contributed by atoms with Crippen LogP contribution in [0.4, 0.5) is 5.82 Å². The minimum absolute atomic E-state index is 0.215. The minimum atomic E-state index is -0.215. The summed E-state index contributed by atoms with van der Waals surface area (Å²) in [6.07, 6.45) is 1.80. The van der Waals surface area contributed by atoms with Gasteiger partial charge >= 0.3 is 5.82 Å². The van der Waals surface area contributed by atoms with Crippen LogP contribution >= 0.6 is 0 Å². The largest absolute Gasteiger partial charge is 0.370 e. The molecule has 0 aliphatic carbocycles. The molecule has 4 heteroatoms. The molecule has 4 nitrogen and oxygen atoms in total. The highest BCUT2D eigenvalue weighted by atomic mass is 16.5. The first-order chi connectivity index (χ1) is 16.6. The van der Waals surface area contributed by atoms with Crippen LogP contribution in [0.1, 0.15) is 36.2 Å². The van der Waals surface area contributed by atoms with Gasteiger partial charge in [-0.05, 0) is 42.1 Å². The number of ether oxygens (including phenoxy) is 1. The number of aryl methyl sites for hydroxylation is 1. The van der Waals surface area contributed by atoms with Crippen LogP contribution in [0.2, 0.25) is 0 Å². The van der Waals surface area contributed by atoms with Crippen LogP contribution in [0.5, 0.6) is 0 Å². The lowest BCUT2D eigenvalue weighted by Crippen LogP contribution is -2.49. The topological polar surface area (TPSA) is 38.0 Å². The summed E-state index contributed by atoms with van der Waals surface area (Å²) in [7, 11) is 0. The summed E-state index contributed by atoms with van der Waals surface area (Å²) in [6, 6.07) is 31.7. The minimum Gasteiger partial charge on any atom is -0.370 e. The molecule has 0 bridgehead atoms. The van der Waals surface area contributed by atoms with E-state index in [2.05, 4.69) is 109 Å². The summed E-state index contributed by atoms with van der Waals surface area (Å²) < 4.78 is 8.68. The Bertz CT molecular complexity index is 1240. The van der Waals surface area contributed by atoms with Gasteiger partial charge in [-0.25, -0.2) is 4.57 Å². The number of benzene rings is 3. The summed E-state index contributed by atoms with van der Waals surface area (Å²) in [5.41, 5.74) is 5.97. The average Bonchev–Trinajstić information content (AvgIpc) is 2.87. The van der Waals surface area contributed by atoms with E-state index in [4.69, 9.17) is 9.72 Å². The molecular weight excluding hydrogens is 418 g/mol. The number of aromatic nitrogens is 2. The monoisotopic (exact) mass is 450 g/mol. The first-order valence-corrected chi connectivity index (χ1v) is 12.1. The number of hydrogen-bond acceptors (Lipinski definition) is 3. The van der Waals surface area contributed by atoms with E-state index in [0.717, 1.165) is 43.1 Å². The van der Waals surface area contributed by atoms with Crippen LogP contribution in [-0.2, 0) is 37.3 Å². The molecule has 0 spiro atoms. The Balaban J connectivity index is 1.59. The lowest BCUT2D eigenvalue weighted by Gasteiger charge is -2.32. The quantitative estimate of drug-likeness (QED) is 0.365. The molecule has 0 amide bonds. The van der Waals surface area contributed by atoms with E-state index in [1.807, 2.05) is 6.07 Å². The van der Waals surface area contributed by atoms with E-state index < -0.39 is 0 Å².